The van der Waals surface area contributed by atoms with Gasteiger partial charge in [-0.1, -0.05) is 48.5 Å². The van der Waals surface area contributed by atoms with Crippen molar-refractivity contribution < 1.29 is 14.3 Å². The molecule has 2 aromatic carbocycles. The Balaban J connectivity index is 1.66. The van der Waals surface area contributed by atoms with Crippen LogP contribution in [0.5, 0.6) is 0 Å². The number of aryl methyl sites for hydroxylation is 1. The molecule has 9 heteroatoms. The Bertz CT molecular complexity index is 1350. The van der Waals surface area contributed by atoms with Crippen molar-refractivity contribution in [2.45, 2.75) is 13.5 Å². The van der Waals surface area contributed by atoms with Crippen LogP contribution in [-0.2, 0) is 27.9 Å². The van der Waals surface area contributed by atoms with Gasteiger partial charge < -0.3 is 9.64 Å². The maximum absolute atomic E-state index is 13.3. The van der Waals surface area contributed by atoms with E-state index in [2.05, 4.69) is 9.97 Å². The molecule has 2 heterocycles. The van der Waals surface area contributed by atoms with Crippen molar-refractivity contribution in [2.24, 2.45) is 7.05 Å². The molecule has 1 amide bonds. The van der Waals surface area contributed by atoms with Crippen molar-refractivity contribution in [3.05, 3.63) is 77.3 Å². The average Bonchev–Trinajstić information content (AvgIpc) is 3.07. The Hall–Kier alpha value is -4.27. The van der Waals surface area contributed by atoms with Crippen LogP contribution in [0, 0.1) is 0 Å². The summed E-state index contributed by atoms with van der Waals surface area (Å²) in [6, 6.07) is 18.5. The molecule has 33 heavy (non-hydrogen) atoms. The first-order valence-electron chi connectivity index (χ1n) is 10.4. The maximum Gasteiger partial charge on any atom is 0.330 e. The number of hydrogen-bond donors (Lipinski definition) is 0. The van der Waals surface area contributed by atoms with Gasteiger partial charge in [-0.25, -0.2) is 14.8 Å². The van der Waals surface area contributed by atoms with E-state index in [4.69, 9.17) is 4.74 Å². The SMILES string of the molecule is CC(=O)OCCN(C(=O)Cn1c(=O)n(C)c2nc(-c3ccccc3)ncc21)c1ccccc1. The first kappa shape index (κ1) is 21.9. The number of para-hydroxylation sites is 1. The Kier molecular flexibility index (Phi) is 6.30. The summed E-state index contributed by atoms with van der Waals surface area (Å²) in [7, 11) is 1.61. The van der Waals surface area contributed by atoms with Gasteiger partial charge >= 0.3 is 11.7 Å². The summed E-state index contributed by atoms with van der Waals surface area (Å²) >= 11 is 0. The molecule has 0 bridgehead atoms. The van der Waals surface area contributed by atoms with Crippen LogP contribution >= 0.6 is 0 Å². The molecule has 0 N–H and O–H groups in total. The Morgan fingerprint density at radius 1 is 1.03 bits per heavy atom. The van der Waals surface area contributed by atoms with Gasteiger partial charge in [0.1, 0.15) is 18.7 Å². The Morgan fingerprint density at radius 3 is 2.36 bits per heavy atom. The van der Waals surface area contributed by atoms with Crippen LogP contribution in [0.3, 0.4) is 0 Å². The zero-order valence-corrected chi connectivity index (χ0v) is 18.3. The number of aromatic nitrogens is 4. The van der Waals surface area contributed by atoms with E-state index in [0.717, 1.165) is 5.56 Å². The fourth-order valence-corrected chi connectivity index (χ4v) is 3.56. The number of hydrogen-bond acceptors (Lipinski definition) is 6. The predicted octanol–water partition coefficient (Wildman–Crippen LogP) is 2.39. The Morgan fingerprint density at radius 2 is 1.70 bits per heavy atom. The van der Waals surface area contributed by atoms with E-state index in [1.165, 1.54) is 21.0 Å². The van der Waals surface area contributed by atoms with Crippen LogP contribution in [-0.4, -0.2) is 44.1 Å². The number of ether oxygens (including phenoxy) is 1. The molecule has 4 aromatic rings. The minimum Gasteiger partial charge on any atom is -0.464 e. The molecule has 168 valence electrons. The first-order chi connectivity index (χ1) is 16.0. The summed E-state index contributed by atoms with van der Waals surface area (Å²) in [5, 5.41) is 0. The molecule has 4 rings (SSSR count). The highest BCUT2D eigenvalue weighted by Gasteiger charge is 2.21. The van der Waals surface area contributed by atoms with Gasteiger partial charge in [0, 0.05) is 25.2 Å². The smallest absolute Gasteiger partial charge is 0.330 e. The number of rotatable bonds is 7. The lowest BCUT2D eigenvalue weighted by atomic mass is 10.2. The fourth-order valence-electron chi connectivity index (χ4n) is 3.56. The summed E-state index contributed by atoms with van der Waals surface area (Å²) in [6.45, 7) is 1.31. The molecular weight excluding hydrogens is 422 g/mol. The van der Waals surface area contributed by atoms with Gasteiger partial charge in [0.15, 0.2) is 11.5 Å². The first-order valence-corrected chi connectivity index (χ1v) is 10.4. The number of amides is 1. The highest BCUT2D eigenvalue weighted by molar-refractivity contribution is 5.94. The highest BCUT2D eigenvalue weighted by Crippen LogP contribution is 2.18. The number of esters is 1. The van der Waals surface area contributed by atoms with Gasteiger partial charge in [-0.15, -0.1) is 0 Å². The number of imidazole rings is 1. The monoisotopic (exact) mass is 445 g/mol. The second kappa shape index (κ2) is 9.47. The van der Waals surface area contributed by atoms with Crippen LogP contribution < -0.4 is 10.6 Å². The zero-order chi connectivity index (χ0) is 23.4. The molecule has 0 aliphatic rings. The molecule has 9 nitrogen and oxygen atoms in total. The summed E-state index contributed by atoms with van der Waals surface area (Å²) in [5.41, 5.74) is 2.00. The normalized spacial score (nSPS) is 10.8. The van der Waals surface area contributed by atoms with Crippen molar-refractivity contribution in [1.82, 2.24) is 19.1 Å². The topological polar surface area (TPSA) is 99.3 Å². The minimum absolute atomic E-state index is 0.0456. The Labute approximate surface area is 189 Å². The van der Waals surface area contributed by atoms with Crippen molar-refractivity contribution >= 4 is 28.7 Å². The third kappa shape index (κ3) is 4.67. The molecule has 0 unspecified atom stereocenters. The van der Waals surface area contributed by atoms with Crippen molar-refractivity contribution in [3.63, 3.8) is 0 Å². The largest absolute Gasteiger partial charge is 0.464 e. The van der Waals surface area contributed by atoms with Crippen LogP contribution in [0.2, 0.25) is 0 Å². The molecular formula is C24H23N5O4. The van der Waals surface area contributed by atoms with Gasteiger partial charge in [-0.3, -0.25) is 18.7 Å². The third-order valence-electron chi connectivity index (χ3n) is 5.19. The average molecular weight is 445 g/mol. The number of carbonyl (C=O) groups excluding carboxylic acids is 2. The standard InChI is InChI=1S/C24H23N5O4/c1-17(30)33-14-13-28(19-11-7-4-8-12-19)21(31)16-29-20-15-25-22(18-9-5-3-6-10-18)26-23(20)27(2)24(29)32/h3-12,15H,13-14,16H2,1-2H3. The maximum atomic E-state index is 13.3. The van der Waals surface area contributed by atoms with Gasteiger partial charge in [-0.05, 0) is 12.1 Å². The lowest BCUT2D eigenvalue weighted by molar-refractivity contribution is -0.141. The van der Waals surface area contributed by atoms with Crippen LogP contribution in [0.15, 0.2) is 71.7 Å². The number of carbonyl (C=O) groups is 2. The van der Waals surface area contributed by atoms with Gasteiger partial charge in [-0.2, -0.15) is 0 Å². The number of fused-ring (bicyclic) bond motifs is 1. The van der Waals surface area contributed by atoms with Crippen LogP contribution in [0.25, 0.3) is 22.6 Å². The summed E-state index contributed by atoms with van der Waals surface area (Å²) in [6.07, 6.45) is 1.56. The number of anilines is 1. The van der Waals surface area contributed by atoms with Crippen molar-refractivity contribution in [1.29, 1.82) is 0 Å². The van der Waals surface area contributed by atoms with Crippen molar-refractivity contribution in [2.75, 3.05) is 18.1 Å². The molecule has 2 aromatic heterocycles. The lowest BCUT2D eigenvalue weighted by Crippen LogP contribution is -2.39. The van der Waals surface area contributed by atoms with Crippen molar-refractivity contribution in [3.8, 4) is 11.4 Å². The molecule has 0 aliphatic heterocycles. The van der Waals surface area contributed by atoms with Gasteiger partial charge in [0.2, 0.25) is 5.91 Å². The third-order valence-corrected chi connectivity index (χ3v) is 5.19. The molecule has 0 saturated carbocycles. The van der Waals surface area contributed by atoms with Crippen LogP contribution in [0.4, 0.5) is 5.69 Å². The quantitative estimate of drug-likeness (QED) is 0.405. The summed E-state index contributed by atoms with van der Waals surface area (Å²) in [5.74, 6) is -0.253. The molecule has 0 saturated heterocycles. The van der Waals surface area contributed by atoms with Crippen LogP contribution in [0.1, 0.15) is 6.92 Å². The predicted molar refractivity (Wildman–Crippen MR) is 124 cm³/mol. The van der Waals surface area contributed by atoms with Gasteiger partial charge in [0.05, 0.1) is 12.7 Å². The zero-order valence-electron chi connectivity index (χ0n) is 18.3. The fraction of sp³-hybridized carbons (Fsp3) is 0.208. The highest BCUT2D eigenvalue weighted by atomic mass is 16.5. The molecule has 0 radical (unpaired) electrons. The van der Waals surface area contributed by atoms with E-state index in [1.54, 1.807) is 25.4 Å². The minimum atomic E-state index is -0.424. The summed E-state index contributed by atoms with van der Waals surface area (Å²) in [4.78, 5) is 47.8. The summed E-state index contributed by atoms with van der Waals surface area (Å²) < 4.78 is 7.78. The second-order valence-corrected chi connectivity index (χ2v) is 7.42. The lowest BCUT2D eigenvalue weighted by Gasteiger charge is -2.22. The second-order valence-electron chi connectivity index (χ2n) is 7.42. The van der Waals surface area contributed by atoms with E-state index in [0.29, 0.717) is 22.7 Å². The van der Waals surface area contributed by atoms with E-state index < -0.39 is 5.97 Å². The molecule has 0 spiro atoms. The van der Waals surface area contributed by atoms with E-state index in [9.17, 15) is 14.4 Å². The molecule has 0 fully saturated rings. The molecule has 0 atom stereocenters. The van der Waals surface area contributed by atoms with E-state index in [-0.39, 0.29) is 31.3 Å². The molecule has 0 aliphatic carbocycles. The van der Waals surface area contributed by atoms with Gasteiger partial charge in [0.25, 0.3) is 0 Å². The van der Waals surface area contributed by atoms with E-state index >= 15 is 0 Å². The van der Waals surface area contributed by atoms with E-state index in [1.807, 2.05) is 48.5 Å². The number of benzene rings is 2. The number of nitrogens with zero attached hydrogens (tertiary/aromatic N) is 5.